The predicted molar refractivity (Wildman–Crippen MR) is 51.8 cm³/mol. The van der Waals surface area contributed by atoms with E-state index in [2.05, 4.69) is 16.9 Å². The average molecular weight is 180 g/mol. The Morgan fingerprint density at radius 3 is 2.69 bits per heavy atom. The maximum absolute atomic E-state index is 5.36. The van der Waals surface area contributed by atoms with Crippen molar-refractivity contribution < 1.29 is 4.74 Å². The molecule has 0 N–H and O–H groups in total. The molecule has 0 spiro atoms. The van der Waals surface area contributed by atoms with Crippen LogP contribution in [0, 0.1) is 0 Å². The van der Waals surface area contributed by atoms with Crippen molar-refractivity contribution >= 4 is 0 Å². The quantitative estimate of drug-likeness (QED) is 0.697. The van der Waals surface area contributed by atoms with Crippen molar-refractivity contribution in [2.24, 2.45) is 0 Å². The molecule has 1 rings (SSSR count). The number of hydrogen-bond acceptors (Lipinski definition) is 3. The molecule has 0 aromatic carbocycles. The maximum atomic E-state index is 5.36. The largest absolute Gasteiger partial charge is 0.477 e. The van der Waals surface area contributed by atoms with Gasteiger partial charge in [0.25, 0.3) is 0 Å². The van der Waals surface area contributed by atoms with Crippen molar-refractivity contribution in [3.8, 4) is 5.88 Å². The van der Waals surface area contributed by atoms with Crippen LogP contribution in [0.2, 0.25) is 0 Å². The number of hydrogen-bond donors (Lipinski definition) is 0. The summed E-state index contributed by atoms with van der Waals surface area (Å²) in [5.74, 6) is 0.693. The van der Waals surface area contributed by atoms with Gasteiger partial charge in [0.2, 0.25) is 5.88 Å². The molecule has 0 radical (unpaired) electrons. The molecule has 0 saturated carbocycles. The fraction of sp³-hybridized carbons (Fsp3) is 0.600. The molecule has 72 valence electrons. The first-order chi connectivity index (χ1) is 6.38. The smallest absolute Gasteiger partial charge is 0.235 e. The molecular weight excluding hydrogens is 164 g/mol. The van der Waals surface area contributed by atoms with E-state index in [1.807, 2.05) is 6.92 Å². The lowest BCUT2D eigenvalue weighted by atomic mass is 10.2. The van der Waals surface area contributed by atoms with Gasteiger partial charge in [-0.1, -0.05) is 13.3 Å². The summed E-state index contributed by atoms with van der Waals surface area (Å²) in [4.78, 5) is 8.38. The summed E-state index contributed by atoms with van der Waals surface area (Å²) in [6.45, 7) is 4.77. The Labute approximate surface area is 79.2 Å². The molecule has 0 amide bonds. The molecule has 1 aromatic rings. The Hall–Kier alpha value is -1.12. The summed E-state index contributed by atoms with van der Waals surface area (Å²) in [6.07, 6.45) is 6.65. The minimum Gasteiger partial charge on any atom is -0.477 e. The highest BCUT2D eigenvalue weighted by Crippen LogP contribution is 2.13. The molecule has 1 aromatic heterocycles. The van der Waals surface area contributed by atoms with Crippen molar-refractivity contribution in [2.45, 2.75) is 33.1 Å². The molecule has 1 heterocycles. The molecule has 0 atom stereocenters. The van der Waals surface area contributed by atoms with Crippen LogP contribution in [0.25, 0.3) is 0 Å². The van der Waals surface area contributed by atoms with Crippen LogP contribution < -0.4 is 4.74 Å². The molecule has 0 unspecified atom stereocenters. The van der Waals surface area contributed by atoms with Crippen molar-refractivity contribution in [1.29, 1.82) is 0 Å². The van der Waals surface area contributed by atoms with Gasteiger partial charge in [0.05, 0.1) is 6.61 Å². The van der Waals surface area contributed by atoms with Crippen LogP contribution in [0.3, 0.4) is 0 Å². The van der Waals surface area contributed by atoms with Gasteiger partial charge in [-0.25, -0.2) is 4.98 Å². The zero-order valence-corrected chi connectivity index (χ0v) is 8.29. The molecule has 0 aliphatic heterocycles. The summed E-state index contributed by atoms with van der Waals surface area (Å²) in [5, 5.41) is 0. The Morgan fingerprint density at radius 1 is 1.23 bits per heavy atom. The van der Waals surface area contributed by atoms with Gasteiger partial charge in [-0.2, -0.15) is 0 Å². The second-order valence-electron chi connectivity index (χ2n) is 2.84. The summed E-state index contributed by atoms with van der Waals surface area (Å²) in [7, 11) is 0. The van der Waals surface area contributed by atoms with E-state index in [0.29, 0.717) is 12.5 Å². The van der Waals surface area contributed by atoms with Crippen LogP contribution in [-0.2, 0) is 6.42 Å². The molecule has 0 fully saturated rings. The van der Waals surface area contributed by atoms with Crippen LogP contribution in [0.15, 0.2) is 12.4 Å². The van der Waals surface area contributed by atoms with E-state index in [1.54, 1.807) is 12.4 Å². The van der Waals surface area contributed by atoms with E-state index in [1.165, 1.54) is 6.42 Å². The van der Waals surface area contributed by atoms with Gasteiger partial charge in [0.1, 0.15) is 5.69 Å². The van der Waals surface area contributed by atoms with Crippen LogP contribution in [-0.4, -0.2) is 16.6 Å². The summed E-state index contributed by atoms with van der Waals surface area (Å²) in [5.41, 5.74) is 0.978. The van der Waals surface area contributed by atoms with E-state index in [0.717, 1.165) is 18.5 Å². The molecule has 0 bridgehead atoms. The van der Waals surface area contributed by atoms with E-state index < -0.39 is 0 Å². The van der Waals surface area contributed by atoms with E-state index in [-0.39, 0.29) is 0 Å². The van der Waals surface area contributed by atoms with Crippen LogP contribution in [0.1, 0.15) is 32.4 Å². The number of ether oxygens (including phenoxy) is 1. The summed E-state index contributed by atoms with van der Waals surface area (Å²) >= 11 is 0. The third-order valence-corrected chi connectivity index (χ3v) is 1.78. The highest BCUT2D eigenvalue weighted by Gasteiger charge is 2.03. The van der Waals surface area contributed by atoms with Crippen LogP contribution >= 0.6 is 0 Å². The molecule has 0 aliphatic rings. The van der Waals surface area contributed by atoms with Gasteiger partial charge in [0, 0.05) is 12.4 Å². The minimum atomic E-state index is 0.651. The minimum absolute atomic E-state index is 0.651. The van der Waals surface area contributed by atoms with Gasteiger partial charge in [-0.05, 0) is 19.8 Å². The second-order valence-corrected chi connectivity index (χ2v) is 2.84. The first-order valence-corrected chi connectivity index (χ1v) is 4.81. The third-order valence-electron chi connectivity index (χ3n) is 1.78. The molecule has 3 nitrogen and oxygen atoms in total. The fourth-order valence-corrected chi connectivity index (χ4v) is 1.13. The standard InChI is InChI=1S/C10H16N2O/c1-3-5-6-9-10(13-4-2)12-8-7-11-9/h7-8H,3-6H2,1-2H3. The average Bonchev–Trinajstić information content (AvgIpc) is 2.17. The topological polar surface area (TPSA) is 35.0 Å². The number of nitrogens with zero attached hydrogens (tertiary/aromatic N) is 2. The zero-order valence-electron chi connectivity index (χ0n) is 8.29. The monoisotopic (exact) mass is 180 g/mol. The van der Waals surface area contributed by atoms with Gasteiger partial charge < -0.3 is 4.74 Å². The first kappa shape index (κ1) is 9.96. The summed E-state index contributed by atoms with van der Waals surface area (Å²) in [6, 6.07) is 0. The van der Waals surface area contributed by atoms with Crippen molar-refractivity contribution in [2.75, 3.05) is 6.61 Å². The van der Waals surface area contributed by atoms with Crippen molar-refractivity contribution in [1.82, 2.24) is 9.97 Å². The Kier molecular flexibility index (Phi) is 4.23. The normalized spacial score (nSPS) is 10.0. The van der Waals surface area contributed by atoms with Crippen LogP contribution in [0.5, 0.6) is 5.88 Å². The number of aryl methyl sites for hydroxylation is 1. The van der Waals surface area contributed by atoms with Crippen molar-refractivity contribution in [3.63, 3.8) is 0 Å². The van der Waals surface area contributed by atoms with Crippen molar-refractivity contribution in [3.05, 3.63) is 18.1 Å². The highest BCUT2D eigenvalue weighted by atomic mass is 16.5. The van der Waals surface area contributed by atoms with Gasteiger partial charge in [-0.3, -0.25) is 4.98 Å². The van der Waals surface area contributed by atoms with Gasteiger partial charge in [-0.15, -0.1) is 0 Å². The fourth-order valence-electron chi connectivity index (χ4n) is 1.13. The highest BCUT2D eigenvalue weighted by molar-refractivity contribution is 5.17. The number of aromatic nitrogens is 2. The SMILES string of the molecule is CCCCc1nccnc1OCC. The number of unbranched alkanes of at least 4 members (excludes halogenated alkanes) is 1. The molecule has 0 saturated heterocycles. The molecule has 0 aliphatic carbocycles. The summed E-state index contributed by atoms with van der Waals surface area (Å²) < 4.78 is 5.36. The Balaban J connectivity index is 2.66. The van der Waals surface area contributed by atoms with E-state index in [9.17, 15) is 0 Å². The Morgan fingerprint density at radius 2 is 2.00 bits per heavy atom. The van der Waals surface area contributed by atoms with Crippen LogP contribution in [0.4, 0.5) is 0 Å². The van der Waals surface area contributed by atoms with Gasteiger partial charge in [0.15, 0.2) is 0 Å². The zero-order chi connectivity index (χ0) is 9.52. The maximum Gasteiger partial charge on any atom is 0.235 e. The Bertz CT molecular complexity index is 250. The lowest BCUT2D eigenvalue weighted by molar-refractivity contribution is 0.320. The van der Waals surface area contributed by atoms with Gasteiger partial charge >= 0.3 is 0 Å². The third kappa shape index (κ3) is 3.01. The second kappa shape index (κ2) is 5.51. The lowest BCUT2D eigenvalue weighted by Gasteiger charge is -2.06. The molecule has 13 heavy (non-hydrogen) atoms. The molecule has 3 heteroatoms. The lowest BCUT2D eigenvalue weighted by Crippen LogP contribution is -2.01. The predicted octanol–water partition coefficient (Wildman–Crippen LogP) is 2.22. The number of rotatable bonds is 5. The van der Waals surface area contributed by atoms with E-state index in [4.69, 9.17) is 4.74 Å². The van der Waals surface area contributed by atoms with E-state index >= 15 is 0 Å². The first-order valence-electron chi connectivity index (χ1n) is 4.81. The molecular formula is C10H16N2O.